The molecule has 0 radical (unpaired) electrons. The Bertz CT molecular complexity index is 292. The first-order valence-electron chi connectivity index (χ1n) is 4.83. The van der Waals surface area contributed by atoms with Crippen molar-refractivity contribution >= 4 is 5.78 Å². The number of carbonyl (C=O) groups excluding carboxylic acids is 1. The van der Waals surface area contributed by atoms with Gasteiger partial charge in [0.1, 0.15) is 6.17 Å². The lowest BCUT2D eigenvalue weighted by molar-refractivity contribution is 0.0926. The Balaban J connectivity index is 2.60. The molecule has 0 aromatic heterocycles. The Hall–Kier alpha value is -1.18. The highest BCUT2D eigenvalue weighted by Crippen LogP contribution is 2.14. The highest BCUT2D eigenvalue weighted by atomic mass is 19.1. The fourth-order valence-electron chi connectivity index (χ4n) is 1.15. The van der Waals surface area contributed by atoms with E-state index in [4.69, 9.17) is 0 Å². The molecular formula is C12H15FO. The molecule has 1 nitrogen and oxygen atoms in total. The van der Waals surface area contributed by atoms with E-state index in [0.29, 0.717) is 5.56 Å². The Kier molecular flexibility index (Phi) is 3.81. The van der Waals surface area contributed by atoms with Crippen molar-refractivity contribution in [1.82, 2.24) is 0 Å². The number of halogens is 1. The summed E-state index contributed by atoms with van der Waals surface area (Å²) in [5.74, 6) is -0.213. The molecule has 2 heteroatoms. The number of rotatable bonds is 4. The van der Waals surface area contributed by atoms with E-state index in [0.717, 1.165) is 0 Å². The number of ketones is 1. The predicted molar refractivity (Wildman–Crippen MR) is 55.1 cm³/mol. The van der Waals surface area contributed by atoms with E-state index >= 15 is 0 Å². The van der Waals surface area contributed by atoms with Gasteiger partial charge in [0, 0.05) is 12.0 Å². The van der Waals surface area contributed by atoms with Gasteiger partial charge in [0.15, 0.2) is 5.78 Å². The summed E-state index contributed by atoms with van der Waals surface area (Å²) in [6.45, 7) is 3.56. The Morgan fingerprint density at radius 3 is 2.36 bits per heavy atom. The van der Waals surface area contributed by atoms with Gasteiger partial charge in [-0.25, -0.2) is 4.39 Å². The van der Waals surface area contributed by atoms with Gasteiger partial charge in [-0.2, -0.15) is 0 Å². The van der Waals surface area contributed by atoms with Crippen LogP contribution in [0.1, 0.15) is 30.6 Å². The zero-order valence-electron chi connectivity index (χ0n) is 8.53. The second-order valence-corrected chi connectivity index (χ2v) is 3.75. The standard InChI is InChI=1S/C12H15FO/c1-9(2)11(13)8-12(14)10-6-4-3-5-7-10/h3-7,9,11H,8H2,1-2H3. The fraction of sp³-hybridized carbons (Fsp3) is 0.417. The van der Waals surface area contributed by atoms with Gasteiger partial charge in [0.2, 0.25) is 0 Å². The minimum absolute atomic E-state index is 0.0122. The summed E-state index contributed by atoms with van der Waals surface area (Å²) in [6.07, 6.45) is -1.05. The molecule has 0 aliphatic rings. The molecule has 14 heavy (non-hydrogen) atoms. The van der Waals surface area contributed by atoms with Crippen molar-refractivity contribution in [2.75, 3.05) is 0 Å². The van der Waals surface area contributed by atoms with Crippen molar-refractivity contribution in [1.29, 1.82) is 0 Å². The third-order valence-corrected chi connectivity index (χ3v) is 2.20. The average Bonchev–Trinajstić information content (AvgIpc) is 2.19. The Morgan fingerprint density at radius 2 is 1.86 bits per heavy atom. The molecule has 1 atom stereocenters. The molecule has 0 fully saturated rings. The normalized spacial score (nSPS) is 12.9. The highest BCUT2D eigenvalue weighted by molar-refractivity contribution is 5.96. The summed E-state index contributed by atoms with van der Waals surface area (Å²) in [5, 5.41) is 0. The molecule has 0 bridgehead atoms. The summed E-state index contributed by atoms with van der Waals surface area (Å²) in [6, 6.07) is 8.85. The van der Waals surface area contributed by atoms with E-state index in [9.17, 15) is 9.18 Å². The summed E-state index contributed by atoms with van der Waals surface area (Å²) >= 11 is 0. The van der Waals surface area contributed by atoms with Gasteiger partial charge >= 0.3 is 0 Å². The molecule has 76 valence electrons. The SMILES string of the molecule is CC(C)C(F)CC(=O)c1ccccc1. The summed E-state index contributed by atoms with van der Waals surface area (Å²) in [4.78, 5) is 11.5. The molecule has 1 aromatic carbocycles. The van der Waals surface area contributed by atoms with E-state index in [2.05, 4.69) is 0 Å². The van der Waals surface area contributed by atoms with Crippen LogP contribution in [0.2, 0.25) is 0 Å². The number of carbonyl (C=O) groups is 1. The van der Waals surface area contributed by atoms with Crippen LogP contribution >= 0.6 is 0 Å². The van der Waals surface area contributed by atoms with Crippen LogP contribution in [0.5, 0.6) is 0 Å². The summed E-state index contributed by atoms with van der Waals surface area (Å²) < 4.78 is 13.2. The molecule has 0 saturated carbocycles. The molecule has 0 aliphatic carbocycles. The molecule has 1 unspecified atom stereocenters. The summed E-state index contributed by atoms with van der Waals surface area (Å²) in [5.41, 5.74) is 0.593. The van der Waals surface area contributed by atoms with Gasteiger partial charge in [-0.3, -0.25) is 4.79 Å². The van der Waals surface area contributed by atoms with Crippen LogP contribution in [0, 0.1) is 5.92 Å². The van der Waals surface area contributed by atoms with Crippen molar-refractivity contribution in [2.45, 2.75) is 26.4 Å². The van der Waals surface area contributed by atoms with Gasteiger partial charge in [-0.1, -0.05) is 44.2 Å². The van der Waals surface area contributed by atoms with Crippen molar-refractivity contribution in [3.63, 3.8) is 0 Å². The number of Topliss-reactive ketones (excluding diaryl/α,β-unsaturated/α-hetero) is 1. The largest absolute Gasteiger partial charge is 0.294 e. The van der Waals surface area contributed by atoms with Crippen molar-refractivity contribution in [3.8, 4) is 0 Å². The molecule has 1 aromatic rings. The maximum absolute atomic E-state index is 13.2. The third-order valence-electron chi connectivity index (χ3n) is 2.20. The zero-order valence-corrected chi connectivity index (χ0v) is 8.53. The van der Waals surface area contributed by atoms with Gasteiger partial charge in [-0.05, 0) is 5.92 Å². The Labute approximate surface area is 83.9 Å². The molecule has 0 spiro atoms. The van der Waals surface area contributed by atoms with Gasteiger partial charge in [-0.15, -0.1) is 0 Å². The van der Waals surface area contributed by atoms with Crippen LogP contribution in [0.3, 0.4) is 0 Å². The first kappa shape index (κ1) is 10.9. The van der Waals surface area contributed by atoms with Crippen LogP contribution in [0.15, 0.2) is 30.3 Å². The average molecular weight is 194 g/mol. The monoisotopic (exact) mass is 194 g/mol. The maximum Gasteiger partial charge on any atom is 0.165 e. The molecular weight excluding hydrogens is 179 g/mol. The van der Waals surface area contributed by atoms with E-state index in [-0.39, 0.29) is 18.1 Å². The quantitative estimate of drug-likeness (QED) is 0.672. The highest BCUT2D eigenvalue weighted by Gasteiger charge is 2.16. The first-order chi connectivity index (χ1) is 6.61. The maximum atomic E-state index is 13.2. The first-order valence-corrected chi connectivity index (χ1v) is 4.83. The van der Waals surface area contributed by atoms with Crippen LogP contribution < -0.4 is 0 Å². The second-order valence-electron chi connectivity index (χ2n) is 3.75. The zero-order chi connectivity index (χ0) is 10.6. The van der Waals surface area contributed by atoms with Crippen molar-refractivity contribution in [3.05, 3.63) is 35.9 Å². The lowest BCUT2D eigenvalue weighted by Crippen LogP contribution is -2.14. The number of hydrogen-bond acceptors (Lipinski definition) is 1. The topological polar surface area (TPSA) is 17.1 Å². The third kappa shape index (κ3) is 2.95. The van der Waals surface area contributed by atoms with Gasteiger partial charge in [0.25, 0.3) is 0 Å². The van der Waals surface area contributed by atoms with Crippen LogP contribution in [-0.2, 0) is 0 Å². The van der Waals surface area contributed by atoms with Gasteiger partial charge < -0.3 is 0 Å². The lowest BCUT2D eigenvalue weighted by atomic mass is 9.99. The predicted octanol–water partition coefficient (Wildman–Crippen LogP) is 3.25. The lowest BCUT2D eigenvalue weighted by Gasteiger charge is -2.10. The van der Waals surface area contributed by atoms with Crippen molar-refractivity contribution < 1.29 is 9.18 Å². The smallest absolute Gasteiger partial charge is 0.165 e. The van der Waals surface area contributed by atoms with Crippen molar-refractivity contribution in [2.24, 2.45) is 5.92 Å². The van der Waals surface area contributed by atoms with E-state index < -0.39 is 6.17 Å². The van der Waals surface area contributed by atoms with E-state index in [1.807, 2.05) is 6.07 Å². The Morgan fingerprint density at radius 1 is 1.29 bits per heavy atom. The number of hydrogen-bond donors (Lipinski definition) is 0. The minimum atomic E-state index is -1.04. The molecule has 1 rings (SSSR count). The molecule has 0 heterocycles. The van der Waals surface area contributed by atoms with Crippen LogP contribution in [-0.4, -0.2) is 12.0 Å². The van der Waals surface area contributed by atoms with E-state index in [1.54, 1.807) is 38.1 Å². The molecule has 0 N–H and O–H groups in total. The van der Waals surface area contributed by atoms with Crippen LogP contribution in [0.25, 0.3) is 0 Å². The molecule has 0 saturated heterocycles. The molecule has 0 amide bonds. The van der Waals surface area contributed by atoms with Crippen LogP contribution in [0.4, 0.5) is 4.39 Å². The van der Waals surface area contributed by atoms with Gasteiger partial charge in [0.05, 0.1) is 0 Å². The second kappa shape index (κ2) is 4.89. The molecule has 0 aliphatic heterocycles. The fourth-order valence-corrected chi connectivity index (χ4v) is 1.15. The number of benzene rings is 1. The minimum Gasteiger partial charge on any atom is -0.294 e. The number of alkyl halides is 1. The summed E-state index contributed by atoms with van der Waals surface area (Å²) in [7, 11) is 0. The van der Waals surface area contributed by atoms with E-state index in [1.165, 1.54) is 0 Å².